The lowest BCUT2D eigenvalue weighted by molar-refractivity contribution is 0.422. The molecule has 1 nitrogen and oxygen atoms in total. The van der Waals surface area contributed by atoms with Gasteiger partial charge in [-0.05, 0) is 29.5 Å². The number of hydrogen-bond donors (Lipinski definition) is 1. The number of halogens is 1. The number of alkyl halides is 1. The van der Waals surface area contributed by atoms with Crippen LogP contribution in [-0.4, -0.2) is 10.4 Å². The Morgan fingerprint density at radius 2 is 2.08 bits per heavy atom. The van der Waals surface area contributed by atoms with E-state index in [1.807, 2.05) is 18.2 Å². The molecule has 1 aromatic carbocycles. The molecule has 13 heavy (non-hydrogen) atoms. The van der Waals surface area contributed by atoms with E-state index in [9.17, 15) is 5.11 Å². The molecule has 2 heteroatoms. The van der Waals surface area contributed by atoms with Crippen molar-refractivity contribution in [1.29, 1.82) is 0 Å². The van der Waals surface area contributed by atoms with Gasteiger partial charge in [-0.2, -0.15) is 0 Å². The van der Waals surface area contributed by atoms with Gasteiger partial charge in [-0.1, -0.05) is 41.9 Å². The highest BCUT2D eigenvalue weighted by Gasteiger charge is 2.16. The maximum atomic E-state index is 9.27. The average molecular weight is 243 g/mol. The van der Waals surface area contributed by atoms with Gasteiger partial charge in [-0.25, -0.2) is 0 Å². The molecule has 0 saturated heterocycles. The molecule has 0 aliphatic rings. The first-order chi connectivity index (χ1) is 6.03. The van der Waals surface area contributed by atoms with E-state index in [2.05, 4.69) is 29.8 Å². The van der Waals surface area contributed by atoms with E-state index in [4.69, 9.17) is 0 Å². The van der Waals surface area contributed by atoms with Crippen LogP contribution in [0.1, 0.15) is 19.4 Å². The van der Waals surface area contributed by atoms with Gasteiger partial charge in [0.2, 0.25) is 0 Å². The molecule has 0 saturated carbocycles. The summed E-state index contributed by atoms with van der Waals surface area (Å²) < 4.78 is 0. The highest BCUT2D eigenvalue weighted by Crippen LogP contribution is 2.25. The first-order valence-corrected chi connectivity index (χ1v) is 5.49. The molecule has 72 valence electrons. The van der Waals surface area contributed by atoms with Crippen LogP contribution < -0.4 is 0 Å². The minimum absolute atomic E-state index is 0.244. The van der Waals surface area contributed by atoms with Crippen molar-refractivity contribution in [2.24, 2.45) is 5.41 Å². The smallest absolute Gasteiger partial charge is 0.115 e. The summed E-state index contributed by atoms with van der Waals surface area (Å²) in [6.45, 7) is 4.40. The van der Waals surface area contributed by atoms with Crippen LogP contribution in [0.3, 0.4) is 0 Å². The number of rotatable bonds is 3. The molecule has 0 bridgehead atoms. The van der Waals surface area contributed by atoms with Crippen LogP contribution in [0.25, 0.3) is 0 Å². The van der Waals surface area contributed by atoms with Crippen molar-refractivity contribution in [3.63, 3.8) is 0 Å². The van der Waals surface area contributed by atoms with Crippen LogP contribution in [0.2, 0.25) is 0 Å². The Hall–Kier alpha value is -0.500. The van der Waals surface area contributed by atoms with Crippen LogP contribution >= 0.6 is 15.9 Å². The normalized spacial score (nSPS) is 11.6. The van der Waals surface area contributed by atoms with Crippen LogP contribution in [0.5, 0.6) is 5.75 Å². The van der Waals surface area contributed by atoms with Crippen molar-refractivity contribution in [2.75, 3.05) is 5.33 Å². The predicted molar refractivity (Wildman–Crippen MR) is 59.4 cm³/mol. The minimum atomic E-state index is 0.244. The number of phenols is 1. The Balaban J connectivity index is 2.74. The number of benzene rings is 1. The standard InChI is InChI=1S/C11H15BrO/c1-11(2,8-12)7-9-4-3-5-10(13)6-9/h3-6,13H,7-8H2,1-2H3. The highest BCUT2D eigenvalue weighted by molar-refractivity contribution is 9.09. The molecular weight excluding hydrogens is 228 g/mol. The van der Waals surface area contributed by atoms with E-state index in [0.29, 0.717) is 5.75 Å². The van der Waals surface area contributed by atoms with Crippen molar-refractivity contribution in [2.45, 2.75) is 20.3 Å². The van der Waals surface area contributed by atoms with Gasteiger partial charge in [0.15, 0.2) is 0 Å². The second-order valence-electron chi connectivity index (χ2n) is 4.14. The van der Waals surface area contributed by atoms with Crippen LogP contribution in [-0.2, 0) is 6.42 Å². The fourth-order valence-corrected chi connectivity index (χ4v) is 1.46. The SMILES string of the molecule is CC(C)(CBr)Cc1cccc(O)c1. The fraction of sp³-hybridized carbons (Fsp3) is 0.455. The lowest BCUT2D eigenvalue weighted by atomic mass is 9.88. The first kappa shape index (κ1) is 10.6. The minimum Gasteiger partial charge on any atom is -0.508 e. The molecule has 0 spiro atoms. The van der Waals surface area contributed by atoms with Crippen molar-refractivity contribution < 1.29 is 5.11 Å². The predicted octanol–water partition coefficient (Wildman–Crippen LogP) is 3.36. The topological polar surface area (TPSA) is 20.2 Å². The van der Waals surface area contributed by atoms with Crippen LogP contribution in [0, 0.1) is 5.41 Å². The third-order valence-corrected chi connectivity index (χ3v) is 3.47. The Morgan fingerprint density at radius 1 is 1.38 bits per heavy atom. The van der Waals surface area contributed by atoms with Crippen molar-refractivity contribution in [3.05, 3.63) is 29.8 Å². The quantitative estimate of drug-likeness (QED) is 0.807. The van der Waals surface area contributed by atoms with Crippen LogP contribution in [0.15, 0.2) is 24.3 Å². The van der Waals surface area contributed by atoms with Crippen molar-refractivity contribution >= 4 is 15.9 Å². The van der Waals surface area contributed by atoms with Gasteiger partial charge in [0.1, 0.15) is 5.75 Å². The van der Waals surface area contributed by atoms with Gasteiger partial charge in [0.25, 0.3) is 0 Å². The molecule has 1 rings (SSSR count). The molecule has 0 aliphatic carbocycles. The molecule has 0 radical (unpaired) electrons. The van der Waals surface area contributed by atoms with Crippen molar-refractivity contribution in [3.8, 4) is 5.75 Å². The van der Waals surface area contributed by atoms with Gasteiger partial charge < -0.3 is 5.11 Å². The summed E-state index contributed by atoms with van der Waals surface area (Å²) in [5.74, 6) is 0.350. The van der Waals surface area contributed by atoms with Gasteiger partial charge in [-0.15, -0.1) is 0 Å². The maximum absolute atomic E-state index is 9.27. The summed E-state index contributed by atoms with van der Waals surface area (Å²) >= 11 is 3.48. The number of hydrogen-bond acceptors (Lipinski definition) is 1. The lowest BCUT2D eigenvalue weighted by Gasteiger charge is -2.21. The van der Waals surface area contributed by atoms with Crippen LogP contribution in [0.4, 0.5) is 0 Å². The summed E-state index contributed by atoms with van der Waals surface area (Å²) in [5, 5.41) is 10.2. The Bertz CT molecular complexity index is 281. The monoisotopic (exact) mass is 242 g/mol. The third kappa shape index (κ3) is 3.39. The molecule has 0 unspecified atom stereocenters. The molecule has 0 atom stereocenters. The van der Waals surface area contributed by atoms with Gasteiger partial charge in [0.05, 0.1) is 0 Å². The maximum Gasteiger partial charge on any atom is 0.115 e. The molecule has 0 heterocycles. The highest BCUT2D eigenvalue weighted by atomic mass is 79.9. The molecule has 0 amide bonds. The summed E-state index contributed by atoms with van der Waals surface area (Å²) in [6.07, 6.45) is 0.979. The lowest BCUT2D eigenvalue weighted by Crippen LogP contribution is -2.16. The summed E-state index contributed by atoms with van der Waals surface area (Å²) in [7, 11) is 0. The molecule has 0 aromatic heterocycles. The second-order valence-corrected chi connectivity index (χ2v) is 4.71. The van der Waals surface area contributed by atoms with Gasteiger partial charge in [0, 0.05) is 5.33 Å². The molecule has 1 aromatic rings. The van der Waals surface area contributed by atoms with Crippen molar-refractivity contribution in [1.82, 2.24) is 0 Å². The summed E-state index contributed by atoms with van der Waals surface area (Å²) in [6, 6.07) is 7.45. The largest absolute Gasteiger partial charge is 0.508 e. The van der Waals surface area contributed by atoms with E-state index in [0.717, 1.165) is 11.8 Å². The molecular formula is C11H15BrO. The van der Waals surface area contributed by atoms with E-state index >= 15 is 0 Å². The number of phenolic OH excluding ortho intramolecular Hbond substituents is 1. The van der Waals surface area contributed by atoms with E-state index in [1.165, 1.54) is 5.56 Å². The van der Waals surface area contributed by atoms with Gasteiger partial charge in [-0.3, -0.25) is 0 Å². The van der Waals surface area contributed by atoms with E-state index in [1.54, 1.807) is 6.07 Å². The Kier molecular flexibility index (Phi) is 3.37. The Morgan fingerprint density at radius 3 is 2.62 bits per heavy atom. The molecule has 0 fully saturated rings. The molecule has 0 aliphatic heterocycles. The van der Waals surface area contributed by atoms with E-state index < -0.39 is 0 Å². The zero-order chi connectivity index (χ0) is 9.90. The second kappa shape index (κ2) is 4.14. The van der Waals surface area contributed by atoms with Gasteiger partial charge >= 0.3 is 0 Å². The zero-order valence-electron chi connectivity index (χ0n) is 8.05. The first-order valence-electron chi connectivity index (χ1n) is 4.37. The fourth-order valence-electron chi connectivity index (χ4n) is 1.27. The third-order valence-electron chi connectivity index (χ3n) is 1.95. The number of aromatic hydroxyl groups is 1. The zero-order valence-corrected chi connectivity index (χ0v) is 9.63. The summed E-state index contributed by atoms with van der Waals surface area (Å²) in [4.78, 5) is 0. The Labute approximate surface area is 87.9 Å². The van der Waals surface area contributed by atoms with E-state index in [-0.39, 0.29) is 5.41 Å². The summed E-state index contributed by atoms with van der Waals surface area (Å²) in [5.41, 5.74) is 1.43. The average Bonchev–Trinajstić information content (AvgIpc) is 2.03. The molecule has 1 N–H and O–H groups in total.